The van der Waals surface area contributed by atoms with Gasteiger partial charge in [-0.15, -0.1) is 0 Å². The fraction of sp³-hybridized carbons (Fsp3) is 0.533. The molecule has 1 aromatic carbocycles. The van der Waals surface area contributed by atoms with Crippen molar-refractivity contribution in [3.05, 3.63) is 29.8 Å². The Morgan fingerprint density at radius 1 is 1.42 bits per heavy atom. The van der Waals surface area contributed by atoms with Gasteiger partial charge < -0.3 is 15.7 Å². The molecule has 0 aliphatic carbocycles. The van der Waals surface area contributed by atoms with E-state index in [1.165, 1.54) is 0 Å². The molecule has 4 nitrogen and oxygen atoms in total. The number of aromatic hydroxyl groups is 1. The largest absolute Gasteiger partial charge is 0.508 e. The number of benzene rings is 1. The second-order valence-corrected chi connectivity index (χ2v) is 4.91. The molecule has 106 valence electrons. The van der Waals surface area contributed by atoms with Crippen LogP contribution < -0.4 is 5.73 Å². The van der Waals surface area contributed by atoms with Crippen LogP contribution in [-0.2, 0) is 4.79 Å². The van der Waals surface area contributed by atoms with Crippen molar-refractivity contribution in [2.75, 3.05) is 13.6 Å². The van der Waals surface area contributed by atoms with Crippen LogP contribution in [0, 0.1) is 5.92 Å². The minimum Gasteiger partial charge on any atom is -0.508 e. The van der Waals surface area contributed by atoms with Crippen molar-refractivity contribution in [2.24, 2.45) is 11.7 Å². The number of nitrogens with two attached hydrogens (primary N) is 1. The molecule has 0 aliphatic heterocycles. The normalized spacial score (nSPS) is 13.9. The summed E-state index contributed by atoms with van der Waals surface area (Å²) < 4.78 is 0. The third kappa shape index (κ3) is 3.70. The molecule has 0 saturated carbocycles. The van der Waals surface area contributed by atoms with E-state index in [1.807, 2.05) is 26.0 Å². The van der Waals surface area contributed by atoms with Crippen molar-refractivity contribution in [1.82, 2.24) is 4.90 Å². The summed E-state index contributed by atoms with van der Waals surface area (Å²) in [6, 6.07) is 6.93. The van der Waals surface area contributed by atoms with E-state index >= 15 is 0 Å². The van der Waals surface area contributed by atoms with Crippen molar-refractivity contribution >= 4 is 5.91 Å². The lowest BCUT2D eigenvalue weighted by Crippen LogP contribution is -2.38. The zero-order valence-electron chi connectivity index (χ0n) is 12.0. The molecule has 1 amide bonds. The van der Waals surface area contributed by atoms with Crippen LogP contribution in [-0.4, -0.2) is 29.5 Å². The van der Waals surface area contributed by atoms with Crippen molar-refractivity contribution in [3.8, 4) is 5.75 Å². The number of hydrogen-bond donors (Lipinski definition) is 2. The maximum absolute atomic E-state index is 12.4. The third-order valence-electron chi connectivity index (χ3n) is 3.59. The fourth-order valence-corrected chi connectivity index (χ4v) is 2.22. The molecule has 4 heteroatoms. The van der Waals surface area contributed by atoms with Crippen molar-refractivity contribution in [1.29, 1.82) is 0 Å². The number of nitrogens with zero attached hydrogens (tertiary/aromatic N) is 1. The minimum atomic E-state index is -0.167. The molecule has 1 aromatic rings. The van der Waals surface area contributed by atoms with Gasteiger partial charge in [0.2, 0.25) is 5.91 Å². The van der Waals surface area contributed by atoms with Gasteiger partial charge in [0.1, 0.15) is 5.75 Å². The molecule has 3 N–H and O–H groups in total. The summed E-state index contributed by atoms with van der Waals surface area (Å²) in [7, 11) is 1.76. The van der Waals surface area contributed by atoms with E-state index in [4.69, 9.17) is 5.73 Å². The van der Waals surface area contributed by atoms with Crippen LogP contribution in [0.3, 0.4) is 0 Å². The number of amides is 1. The van der Waals surface area contributed by atoms with E-state index in [2.05, 4.69) is 0 Å². The molecule has 0 aliphatic rings. The first-order valence-electron chi connectivity index (χ1n) is 6.77. The lowest BCUT2D eigenvalue weighted by atomic mass is 10.00. The van der Waals surface area contributed by atoms with E-state index in [-0.39, 0.29) is 23.6 Å². The Balaban J connectivity index is 2.84. The Hall–Kier alpha value is -1.55. The molecule has 0 aromatic heterocycles. The number of para-hydroxylation sites is 1. The maximum Gasteiger partial charge on any atom is 0.227 e. The van der Waals surface area contributed by atoms with E-state index in [9.17, 15) is 9.90 Å². The van der Waals surface area contributed by atoms with Crippen LogP contribution in [0.4, 0.5) is 0 Å². The van der Waals surface area contributed by atoms with Crippen LogP contribution in [0.5, 0.6) is 5.75 Å². The van der Waals surface area contributed by atoms with Gasteiger partial charge in [0.25, 0.3) is 0 Å². The van der Waals surface area contributed by atoms with Gasteiger partial charge in [0.15, 0.2) is 0 Å². The van der Waals surface area contributed by atoms with Crippen molar-refractivity contribution in [3.63, 3.8) is 0 Å². The van der Waals surface area contributed by atoms with Gasteiger partial charge in [0, 0.05) is 19.2 Å². The summed E-state index contributed by atoms with van der Waals surface area (Å²) >= 11 is 0. The first kappa shape index (κ1) is 15.5. The molecule has 0 fully saturated rings. The Labute approximate surface area is 115 Å². The molecular formula is C15H24N2O2. The van der Waals surface area contributed by atoms with Crippen LogP contribution in [0.15, 0.2) is 24.3 Å². The smallest absolute Gasteiger partial charge is 0.227 e. The van der Waals surface area contributed by atoms with Gasteiger partial charge in [-0.1, -0.05) is 31.5 Å². The first-order valence-corrected chi connectivity index (χ1v) is 6.77. The summed E-state index contributed by atoms with van der Waals surface area (Å²) in [5.74, 6) is 0.123. The molecule has 2 atom stereocenters. The highest BCUT2D eigenvalue weighted by molar-refractivity contribution is 5.79. The number of phenols is 1. The van der Waals surface area contributed by atoms with Crippen LogP contribution in [0.1, 0.15) is 38.3 Å². The van der Waals surface area contributed by atoms with Gasteiger partial charge in [-0.3, -0.25) is 4.79 Å². The fourth-order valence-electron chi connectivity index (χ4n) is 2.22. The summed E-state index contributed by atoms with van der Waals surface area (Å²) in [4.78, 5) is 14.0. The van der Waals surface area contributed by atoms with Crippen LogP contribution in [0.2, 0.25) is 0 Å². The lowest BCUT2D eigenvalue weighted by Gasteiger charge is -2.29. The van der Waals surface area contributed by atoms with Gasteiger partial charge >= 0.3 is 0 Å². The molecule has 0 radical (unpaired) electrons. The quantitative estimate of drug-likeness (QED) is 0.828. The summed E-state index contributed by atoms with van der Waals surface area (Å²) in [5, 5.41) is 9.85. The highest BCUT2D eigenvalue weighted by Crippen LogP contribution is 2.28. The predicted octanol–water partition coefficient (Wildman–Crippen LogP) is 2.29. The van der Waals surface area contributed by atoms with E-state index in [0.717, 1.165) is 18.4 Å². The minimum absolute atomic E-state index is 0.0418. The molecule has 0 heterocycles. The Kier molecular flexibility index (Phi) is 5.83. The SMILES string of the molecule is CCCC(CN)C(=O)N(C)C(C)c1ccccc1O. The number of hydrogen-bond acceptors (Lipinski definition) is 3. The van der Waals surface area contributed by atoms with E-state index in [0.29, 0.717) is 6.54 Å². The highest BCUT2D eigenvalue weighted by Gasteiger charge is 2.25. The van der Waals surface area contributed by atoms with Crippen molar-refractivity contribution in [2.45, 2.75) is 32.7 Å². The maximum atomic E-state index is 12.4. The number of carbonyl (C=O) groups is 1. The Bertz CT molecular complexity index is 420. The second-order valence-electron chi connectivity index (χ2n) is 4.91. The Morgan fingerprint density at radius 3 is 2.58 bits per heavy atom. The Morgan fingerprint density at radius 2 is 2.05 bits per heavy atom. The third-order valence-corrected chi connectivity index (χ3v) is 3.59. The van der Waals surface area contributed by atoms with Crippen LogP contribution >= 0.6 is 0 Å². The standard InChI is InChI=1S/C15H24N2O2/c1-4-7-12(10-16)15(19)17(3)11(2)13-8-5-6-9-14(13)18/h5-6,8-9,11-12,18H,4,7,10,16H2,1-3H3. The lowest BCUT2D eigenvalue weighted by molar-refractivity contribution is -0.136. The van der Waals surface area contributed by atoms with Gasteiger partial charge in [-0.05, 0) is 19.4 Å². The zero-order valence-corrected chi connectivity index (χ0v) is 12.0. The molecule has 1 rings (SSSR count). The zero-order chi connectivity index (χ0) is 14.4. The summed E-state index contributed by atoms with van der Waals surface area (Å²) in [6.45, 7) is 4.32. The van der Waals surface area contributed by atoms with Gasteiger partial charge in [-0.2, -0.15) is 0 Å². The van der Waals surface area contributed by atoms with Gasteiger partial charge in [-0.25, -0.2) is 0 Å². The average molecular weight is 264 g/mol. The van der Waals surface area contributed by atoms with Crippen LogP contribution in [0.25, 0.3) is 0 Å². The number of rotatable bonds is 6. The van der Waals surface area contributed by atoms with E-state index < -0.39 is 0 Å². The number of carbonyl (C=O) groups excluding carboxylic acids is 1. The molecule has 2 unspecified atom stereocenters. The highest BCUT2D eigenvalue weighted by atomic mass is 16.3. The predicted molar refractivity (Wildman–Crippen MR) is 76.7 cm³/mol. The molecule has 0 spiro atoms. The molecule has 19 heavy (non-hydrogen) atoms. The summed E-state index contributed by atoms with van der Waals surface area (Å²) in [5.41, 5.74) is 6.42. The molecule has 0 bridgehead atoms. The average Bonchev–Trinajstić information content (AvgIpc) is 2.43. The molecular weight excluding hydrogens is 240 g/mol. The number of phenolic OH excluding ortho intramolecular Hbond substituents is 1. The topological polar surface area (TPSA) is 66.6 Å². The monoisotopic (exact) mass is 264 g/mol. The van der Waals surface area contributed by atoms with E-state index in [1.54, 1.807) is 24.1 Å². The van der Waals surface area contributed by atoms with Gasteiger partial charge in [0.05, 0.1) is 12.0 Å². The van der Waals surface area contributed by atoms with Crippen molar-refractivity contribution < 1.29 is 9.90 Å². The molecule has 0 saturated heterocycles. The first-order chi connectivity index (χ1) is 9.02. The second kappa shape index (κ2) is 7.14. The summed E-state index contributed by atoms with van der Waals surface area (Å²) in [6.07, 6.45) is 1.74.